The third-order valence-corrected chi connectivity index (χ3v) is 6.07. The first kappa shape index (κ1) is 21.4. The number of alkyl halides is 3. The molecule has 2 saturated heterocycles. The van der Waals surface area contributed by atoms with Crippen LogP contribution >= 0.6 is 0 Å². The molecule has 0 aliphatic carbocycles. The van der Waals surface area contributed by atoms with E-state index in [0.29, 0.717) is 26.2 Å². The molecule has 31 heavy (non-hydrogen) atoms. The molecule has 166 valence electrons. The fourth-order valence-electron chi connectivity index (χ4n) is 4.04. The highest BCUT2D eigenvalue weighted by atomic mass is 19.4. The van der Waals surface area contributed by atoms with Crippen molar-refractivity contribution in [2.45, 2.75) is 25.9 Å². The van der Waals surface area contributed by atoms with Crippen LogP contribution in [0.1, 0.15) is 35.7 Å². The second-order valence-corrected chi connectivity index (χ2v) is 8.28. The minimum atomic E-state index is -4.47. The van der Waals surface area contributed by atoms with E-state index in [1.54, 1.807) is 4.90 Å². The quantitative estimate of drug-likeness (QED) is 0.739. The van der Waals surface area contributed by atoms with Gasteiger partial charge in [-0.25, -0.2) is 0 Å². The van der Waals surface area contributed by atoms with E-state index in [9.17, 15) is 18.0 Å². The van der Waals surface area contributed by atoms with Gasteiger partial charge >= 0.3 is 6.18 Å². The van der Waals surface area contributed by atoms with Gasteiger partial charge in [0.05, 0.1) is 5.56 Å². The van der Waals surface area contributed by atoms with Gasteiger partial charge in [0.15, 0.2) is 11.6 Å². The van der Waals surface area contributed by atoms with Crippen LogP contribution in [0.5, 0.6) is 0 Å². The van der Waals surface area contributed by atoms with Crippen molar-refractivity contribution in [1.29, 1.82) is 0 Å². The van der Waals surface area contributed by atoms with Gasteiger partial charge < -0.3 is 14.7 Å². The Morgan fingerprint density at radius 1 is 0.903 bits per heavy atom. The Bertz CT molecular complexity index is 902. The van der Waals surface area contributed by atoms with Gasteiger partial charge in [0.2, 0.25) is 0 Å². The maximum atomic E-state index is 12.9. The molecule has 2 fully saturated rings. The van der Waals surface area contributed by atoms with Gasteiger partial charge in [-0.15, -0.1) is 10.2 Å². The zero-order valence-electron chi connectivity index (χ0n) is 17.5. The molecule has 2 aromatic rings. The standard InChI is InChI=1S/C22H26F3N5O/c1-16-7-9-28(10-8-16)19-5-6-20(27-26-19)29-11-13-30(14-12-29)21(31)17-3-2-4-18(15-17)22(23,24)25/h2-6,15-16H,7-14H2,1H3. The summed E-state index contributed by atoms with van der Waals surface area (Å²) >= 11 is 0. The van der Waals surface area contributed by atoms with Gasteiger partial charge in [-0.05, 0) is 49.1 Å². The van der Waals surface area contributed by atoms with Gasteiger partial charge in [-0.1, -0.05) is 13.0 Å². The van der Waals surface area contributed by atoms with Crippen molar-refractivity contribution in [2.24, 2.45) is 5.92 Å². The van der Waals surface area contributed by atoms with E-state index in [4.69, 9.17) is 0 Å². The second kappa shape index (κ2) is 8.72. The number of benzene rings is 1. The third kappa shape index (κ3) is 4.91. The lowest BCUT2D eigenvalue weighted by Gasteiger charge is -2.35. The molecular weight excluding hydrogens is 407 g/mol. The average molecular weight is 433 g/mol. The number of nitrogens with zero attached hydrogens (tertiary/aromatic N) is 5. The summed E-state index contributed by atoms with van der Waals surface area (Å²) in [6.07, 6.45) is -2.15. The zero-order chi connectivity index (χ0) is 22.0. The summed E-state index contributed by atoms with van der Waals surface area (Å²) in [7, 11) is 0. The maximum Gasteiger partial charge on any atom is 0.416 e. The van der Waals surface area contributed by atoms with Crippen LogP contribution in [-0.4, -0.2) is 60.3 Å². The van der Waals surface area contributed by atoms with E-state index in [1.165, 1.54) is 12.1 Å². The molecule has 0 saturated carbocycles. The summed E-state index contributed by atoms with van der Waals surface area (Å²) in [5.41, 5.74) is -0.751. The third-order valence-electron chi connectivity index (χ3n) is 6.07. The van der Waals surface area contributed by atoms with Crippen molar-refractivity contribution in [3.63, 3.8) is 0 Å². The maximum absolute atomic E-state index is 12.9. The van der Waals surface area contributed by atoms with Crippen molar-refractivity contribution in [3.05, 3.63) is 47.5 Å². The SMILES string of the molecule is CC1CCN(c2ccc(N3CCN(C(=O)c4cccc(C(F)(F)F)c4)CC3)nn2)CC1. The van der Waals surface area contributed by atoms with Gasteiger partial charge in [0.25, 0.3) is 5.91 Å². The highest BCUT2D eigenvalue weighted by Gasteiger charge is 2.32. The van der Waals surface area contributed by atoms with E-state index in [2.05, 4.69) is 22.0 Å². The monoisotopic (exact) mass is 433 g/mol. The Morgan fingerprint density at radius 3 is 2.03 bits per heavy atom. The Kier molecular flexibility index (Phi) is 6.02. The van der Waals surface area contributed by atoms with Crippen molar-refractivity contribution in [2.75, 3.05) is 49.1 Å². The number of hydrogen-bond acceptors (Lipinski definition) is 5. The summed E-state index contributed by atoms with van der Waals surface area (Å²) in [6.45, 7) is 6.20. The van der Waals surface area contributed by atoms with Crippen molar-refractivity contribution < 1.29 is 18.0 Å². The second-order valence-electron chi connectivity index (χ2n) is 8.28. The topological polar surface area (TPSA) is 52.6 Å². The van der Waals surface area contributed by atoms with Crippen LogP contribution in [0.3, 0.4) is 0 Å². The van der Waals surface area contributed by atoms with Crippen molar-refractivity contribution in [3.8, 4) is 0 Å². The Balaban J connectivity index is 1.35. The van der Waals surface area contributed by atoms with Crippen molar-refractivity contribution >= 4 is 17.5 Å². The van der Waals surface area contributed by atoms with E-state index in [1.807, 2.05) is 17.0 Å². The summed E-state index contributed by atoms with van der Waals surface area (Å²) in [4.78, 5) is 18.6. The Labute approximate surface area is 179 Å². The first-order chi connectivity index (χ1) is 14.8. The van der Waals surface area contributed by atoms with Crippen LogP contribution in [0, 0.1) is 5.92 Å². The molecule has 2 aliphatic rings. The molecule has 0 atom stereocenters. The van der Waals surface area contributed by atoms with E-state index >= 15 is 0 Å². The molecule has 1 aromatic heterocycles. The van der Waals surface area contributed by atoms with Crippen LogP contribution in [0.25, 0.3) is 0 Å². The minimum Gasteiger partial charge on any atom is -0.355 e. The van der Waals surface area contributed by atoms with E-state index in [0.717, 1.165) is 55.6 Å². The highest BCUT2D eigenvalue weighted by Crippen LogP contribution is 2.30. The fraction of sp³-hybridized carbons (Fsp3) is 0.500. The van der Waals surface area contributed by atoms with Gasteiger partial charge in [-0.2, -0.15) is 13.2 Å². The largest absolute Gasteiger partial charge is 0.416 e. The molecule has 0 N–H and O–H groups in total. The lowest BCUT2D eigenvalue weighted by Crippen LogP contribution is -2.49. The van der Waals surface area contributed by atoms with Crippen LogP contribution in [-0.2, 0) is 6.18 Å². The highest BCUT2D eigenvalue weighted by molar-refractivity contribution is 5.94. The molecule has 0 bridgehead atoms. The Morgan fingerprint density at radius 2 is 1.48 bits per heavy atom. The van der Waals surface area contributed by atoms with Gasteiger partial charge in [-0.3, -0.25) is 4.79 Å². The number of piperidine rings is 1. The lowest BCUT2D eigenvalue weighted by molar-refractivity contribution is -0.137. The average Bonchev–Trinajstić information content (AvgIpc) is 2.79. The smallest absolute Gasteiger partial charge is 0.355 e. The molecular formula is C22H26F3N5O. The molecule has 0 spiro atoms. The first-order valence-electron chi connectivity index (χ1n) is 10.6. The predicted molar refractivity (Wildman–Crippen MR) is 112 cm³/mol. The van der Waals surface area contributed by atoms with Crippen LogP contribution in [0.4, 0.5) is 24.8 Å². The fourth-order valence-corrected chi connectivity index (χ4v) is 4.04. The predicted octanol–water partition coefficient (Wildman–Crippen LogP) is 3.69. The molecule has 1 aromatic carbocycles. The van der Waals surface area contributed by atoms with E-state index in [-0.39, 0.29) is 11.5 Å². The summed E-state index contributed by atoms with van der Waals surface area (Å²) in [6, 6.07) is 8.52. The first-order valence-corrected chi connectivity index (χ1v) is 10.6. The molecule has 3 heterocycles. The van der Waals surface area contributed by atoms with E-state index < -0.39 is 11.7 Å². The minimum absolute atomic E-state index is 0.0586. The number of carbonyl (C=O) groups is 1. The molecule has 0 unspecified atom stereocenters. The molecule has 2 aliphatic heterocycles. The van der Waals surface area contributed by atoms with Crippen LogP contribution < -0.4 is 9.80 Å². The van der Waals surface area contributed by atoms with Crippen LogP contribution in [0.2, 0.25) is 0 Å². The summed E-state index contributed by atoms with van der Waals surface area (Å²) in [5.74, 6) is 2.00. The zero-order valence-corrected chi connectivity index (χ0v) is 17.5. The van der Waals surface area contributed by atoms with Gasteiger partial charge in [0.1, 0.15) is 0 Å². The number of aromatic nitrogens is 2. The normalized spacial score (nSPS) is 18.4. The Hall–Kier alpha value is -2.84. The summed E-state index contributed by atoms with van der Waals surface area (Å²) < 4.78 is 38.8. The number of hydrogen-bond donors (Lipinski definition) is 0. The van der Waals surface area contributed by atoms with Gasteiger partial charge in [0, 0.05) is 44.8 Å². The number of rotatable bonds is 3. The number of carbonyl (C=O) groups excluding carboxylic acids is 1. The molecule has 4 rings (SSSR count). The molecule has 9 heteroatoms. The number of amides is 1. The molecule has 6 nitrogen and oxygen atoms in total. The molecule has 1 amide bonds. The van der Waals surface area contributed by atoms with Crippen molar-refractivity contribution in [1.82, 2.24) is 15.1 Å². The summed E-state index contributed by atoms with van der Waals surface area (Å²) in [5, 5.41) is 8.75. The number of anilines is 2. The number of halogens is 3. The molecule has 0 radical (unpaired) electrons. The number of piperazine rings is 1. The lowest BCUT2D eigenvalue weighted by atomic mass is 9.99. The van der Waals surface area contributed by atoms with Crippen LogP contribution in [0.15, 0.2) is 36.4 Å².